The Morgan fingerprint density at radius 3 is 2.39 bits per heavy atom. The normalized spacial score (nSPS) is 18.9. The molecule has 0 spiro atoms. The maximum Gasteiger partial charge on any atom is 0.323 e. The lowest BCUT2D eigenvalue weighted by molar-refractivity contribution is 0.0730. The molecular weight excluding hydrogens is 557 g/mol. The Kier molecular flexibility index (Phi) is 8.89. The number of benzene rings is 1. The number of furan rings is 1. The van der Waals surface area contributed by atoms with Gasteiger partial charge in [-0.2, -0.15) is 0 Å². The van der Waals surface area contributed by atoms with E-state index in [4.69, 9.17) is 27.6 Å². The van der Waals surface area contributed by atoms with E-state index < -0.39 is 32.9 Å². The largest absolute Gasteiger partial charge is 0.453 e. The SMILES string of the molecule is CN(C)CCN1CCN(C(=O)c2oc(C(C)(C)C)cc2NC(=O)Nc2cccc(Cl)c2Cl)CCS1(=O)(O)O. The van der Waals surface area contributed by atoms with Gasteiger partial charge >= 0.3 is 6.03 Å². The molecule has 1 aromatic carbocycles. The summed E-state index contributed by atoms with van der Waals surface area (Å²) in [5.74, 6) is -0.817. The molecule has 1 aliphatic heterocycles. The molecule has 1 aromatic heterocycles. The van der Waals surface area contributed by atoms with Crippen molar-refractivity contribution in [1.82, 2.24) is 14.1 Å². The minimum Gasteiger partial charge on any atom is -0.453 e. The molecule has 4 N–H and O–H groups in total. The van der Waals surface area contributed by atoms with Crippen LogP contribution in [0.25, 0.3) is 0 Å². The van der Waals surface area contributed by atoms with Crippen molar-refractivity contribution in [2.24, 2.45) is 0 Å². The summed E-state index contributed by atoms with van der Waals surface area (Å²) < 4.78 is 41.3. The van der Waals surface area contributed by atoms with E-state index in [1.165, 1.54) is 4.90 Å². The first kappa shape index (κ1) is 30.4. The van der Waals surface area contributed by atoms with E-state index in [9.17, 15) is 22.9 Å². The Bertz CT molecular complexity index is 1270. The summed E-state index contributed by atoms with van der Waals surface area (Å²) in [5, 5.41) is 5.67. The highest BCUT2D eigenvalue weighted by Crippen LogP contribution is 2.33. The van der Waals surface area contributed by atoms with Gasteiger partial charge in [-0.15, -0.1) is 0 Å². The summed E-state index contributed by atoms with van der Waals surface area (Å²) >= 11 is 12.2. The molecule has 3 amide bonds. The first-order valence-electron chi connectivity index (χ1n) is 12.0. The van der Waals surface area contributed by atoms with Crippen molar-refractivity contribution in [2.75, 3.05) is 63.2 Å². The summed E-state index contributed by atoms with van der Waals surface area (Å²) in [6.07, 6.45) is 0. The summed E-state index contributed by atoms with van der Waals surface area (Å²) in [7, 11) is -1.49. The van der Waals surface area contributed by atoms with E-state index in [1.807, 2.05) is 39.8 Å². The number of carbonyl (C=O) groups is 2. The minimum atomic E-state index is -5.12. The van der Waals surface area contributed by atoms with E-state index in [1.54, 1.807) is 24.3 Å². The summed E-state index contributed by atoms with van der Waals surface area (Å²) in [6, 6.07) is 5.68. The fraction of sp³-hybridized carbons (Fsp3) is 0.500. The highest BCUT2D eigenvalue weighted by molar-refractivity contribution is 8.08. The van der Waals surface area contributed by atoms with Gasteiger partial charge in [0.2, 0.25) is 5.76 Å². The topological polar surface area (TPSA) is 139 Å². The Morgan fingerprint density at radius 1 is 1.11 bits per heavy atom. The summed E-state index contributed by atoms with van der Waals surface area (Å²) in [4.78, 5) is 29.5. The molecule has 0 atom stereocenters. The van der Waals surface area contributed by atoms with Gasteiger partial charge in [-0.25, -0.2) is 13.3 Å². The van der Waals surface area contributed by atoms with Crippen LogP contribution in [-0.2, 0) is 15.2 Å². The van der Waals surface area contributed by atoms with Crippen LogP contribution in [0, 0.1) is 0 Å². The van der Waals surface area contributed by atoms with Crippen LogP contribution in [0.5, 0.6) is 0 Å². The molecule has 0 bridgehead atoms. The molecule has 0 radical (unpaired) electrons. The van der Waals surface area contributed by atoms with Gasteiger partial charge in [-0.1, -0.05) is 50.0 Å². The zero-order valence-electron chi connectivity index (χ0n) is 22.1. The van der Waals surface area contributed by atoms with E-state index in [2.05, 4.69) is 10.6 Å². The van der Waals surface area contributed by atoms with E-state index in [0.717, 1.165) is 4.31 Å². The molecule has 1 fully saturated rings. The van der Waals surface area contributed by atoms with Crippen LogP contribution in [0.4, 0.5) is 16.2 Å². The number of rotatable bonds is 6. The fourth-order valence-electron chi connectivity index (χ4n) is 3.77. The number of carbonyl (C=O) groups excluding carboxylic acids is 2. The number of urea groups is 1. The molecule has 0 aliphatic carbocycles. The zero-order valence-corrected chi connectivity index (χ0v) is 24.4. The molecule has 0 saturated carbocycles. The van der Waals surface area contributed by atoms with E-state index in [-0.39, 0.29) is 53.4 Å². The third-order valence-electron chi connectivity index (χ3n) is 6.05. The first-order valence-corrected chi connectivity index (χ1v) is 14.7. The molecule has 11 nitrogen and oxygen atoms in total. The smallest absolute Gasteiger partial charge is 0.323 e. The Hall–Kier alpha value is -2.19. The number of anilines is 2. The third-order valence-corrected chi connectivity index (χ3v) is 9.17. The number of amides is 3. The van der Waals surface area contributed by atoms with Gasteiger partial charge in [0, 0.05) is 44.2 Å². The fourth-order valence-corrected chi connectivity index (χ4v) is 5.81. The van der Waals surface area contributed by atoms with Gasteiger partial charge in [-0.05, 0) is 26.2 Å². The maximum absolute atomic E-state index is 13.6. The monoisotopic (exact) mass is 591 g/mol. The van der Waals surface area contributed by atoms with Crippen LogP contribution in [0.2, 0.25) is 10.0 Å². The van der Waals surface area contributed by atoms with Gasteiger partial charge in [0.05, 0.1) is 27.2 Å². The summed E-state index contributed by atoms with van der Waals surface area (Å²) in [6.45, 7) is 6.10. The molecule has 0 unspecified atom stereocenters. The number of hydrogen-bond acceptors (Lipinski definition) is 5. The molecule has 14 heteroatoms. The lowest BCUT2D eigenvalue weighted by Gasteiger charge is -2.40. The van der Waals surface area contributed by atoms with Crippen LogP contribution < -0.4 is 10.6 Å². The number of likely N-dealkylation sites (N-methyl/N-ethyl adjacent to an activating group) is 1. The van der Waals surface area contributed by atoms with Crippen molar-refractivity contribution in [3.8, 4) is 0 Å². The molecule has 3 rings (SSSR count). The van der Waals surface area contributed by atoms with Crippen molar-refractivity contribution in [2.45, 2.75) is 26.2 Å². The molecular formula is C24H35Cl2N5O6S. The molecule has 1 aliphatic rings. The van der Waals surface area contributed by atoms with Crippen molar-refractivity contribution in [3.63, 3.8) is 0 Å². The van der Waals surface area contributed by atoms with Gasteiger partial charge in [-0.3, -0.25) is 13.9 Å². The Morgan fingerprint density at radius 2 is 1.76 bits per heavy atom. The van der Waals surface area contributed by atoms with Gasteiger partial charge < -0.3 is 24.9 Å². The highest BCUT2D eigenvalue weighted by Gasteiger charge is 2.42. The molecule has 38 heavy (non-hydrogen) atoms. The summed E-state index contributed by atoms with van der Waals surface area (Å²) in [5.41, 5.74) is -0.0876. The number of nitrogens with one attached hydrogen (secondary N) is 2. The van der Waals surface area contributed by atoms with Gasteiger partial charge in [0.25, 0.3) is 5.91 Å². The predicted octanol–water partition coefficient (Wildman–Crippen LogP) is 4.53. The second-order valence-electron chi connectivity index (χ2n) is 10.5. The van der Waals surface area contributed by atoms with Crippen LogP contribution in [0.1, 0.15) is 37.1 Å². The van der Waals surface area contributed by atoms with Crippen molar-refractivity contribution >= 4 is 56.3 Å². The minimum absolute atomic E-state index is 0.0265. The first-order chi connectivity index (χ1) is 17.5. The van der Waals surface area contributed by atoms with Crippen LogP contribution >= 0.6 is 23.2 Å². The molecule has 2 heterocycles. The number of nitrogens with zero attached hydrogens (tertiary/aromatic N) is 3. The van der Waals surface area contributed by atoms with Crippen LogP contribution in [0.15, 0.2) is 28.7 Å². The number of hydrogen-bond donors (Lipinski definition) is 4. The van der Waals surface area contributed by atoms with Gasteiger partial charge in [0.1, 0.15) is 15.6 Å². The van der Waals surface area contributed by atoms with Crippen molar-refractivity contribution in [3.05, 3.63) is 45.8 Å². The van der Waals surface area contributed by atoms with Gasteiger partial charge in [0.15, 0.2) is 0 Å². The molecule has 1 saturated heterocycles. The Labute approximate surface area is 232 Å². The lowest BCUT2D eigenvalue weighted by Crippen LogP contribution is -2.54. The van der Waals surface area contributed by atoms with E-state index >= 15 is 0 Å². The maximum atomic E-state index is 13.6. The van der Waals surface area contributed by atoms with Crippen molar-refractivity contribution < 1.29 is 27.3 Å². The molecule has 2 aromatic rings. The second-order valence-corrected chi connectivity index (χ2v) is 14.1. The standard InChI is InChI=1S/C24H35Cl2N5O6S/c1-24(2,3)19-15-18(28-23(33)27-17-8-6-7-16(25)20(17)26)21(37-19)22(32)30-10-12-31(11-9-29(4)5)38(34,35,36)14-13-30/h6-8,15H,9-14H2,1-5H3,(H2,27,28,33)(H2,34,35,36). The molecule has 212 valence electrons. The van der Waals surface area contributed by atoms with Crippen LogP contribution in [-0.4, -0.2) is 91.9 Å². The van der Waals surface area contributed by atoms with Crippen LogP contribution in [0.3, 0.4) is 0 Å². The highest BCUT2D eigenvalue weighted by atomic mass is 35.5. The lowest BCUT2D eigenvalue weighted by atomic mass is 9.93. The Balaban J connectivity index is 1.86. The second kappa shape index (κ2) is 11.1. The quantitative estimate of drug-likeness (QED) is 0.387. The number of halogens is 2. The predicted molar refractivity (Wildman–Crippen MR) is 151 cm³/mol. The van der Waals surface area contributed by atoms with E-state index in [0.29, 0.717) is 12.3 Å². The third kappa shape index (κ3) is 7.26. The average Bonchev–Trinajstić information content (AvgIpc) is 3.16. The van der Waals surface area contributed by atoms with Crippen molar-refractivity contribution in [1.29, 1.82) is 0 Å². The average molecular weight is 593 g/mol. The zero-order chi connectivity index (χ0) is 28.5.